The maximum absolute atomic E-state index is 12.8. The fourth-order valence-electron chi connectivity index (χ4n) is 1.47. The van der Waals surface area contributed by atoms with Crippen molar-refractivity contribution in [2.75, 3.05) is 0 Å². The molecule has 1 aromatic carbocycles. The van der Waals surface area contributed by atoms with Crippen LogP contribution in [0.3, 0.4) is 0 Å². The number of amides is 1. The Labute approximate surface area is 120 Å². The highest BCUT2D eigenvalue weighted by Gasteiger charge is 2.33. The number of alkyl carbamates (subject to hydrolysis) is 1. The molecule has 0 spiro atoms. The van der Waals surface area contributed by atoms with E-state index in [-0.39, 0.29) is 17.1 Å². The standard InChI is InChI=1S/C13H15ClF3NO2/c1-12(2,3)20-11(19)18-7-8-6-9(14)4-5-10(8)13(15,16)17/h4-6H,7H2,1-3H3,(H,18,19). The first-order valence-corrected chi connectivity index (χ1v) is 6.19. The number of ether oxygens (including phenoxy) is 1. The molecule has 7 heteroatoms. The molecule has 1 rings (SSSR count). The molecule has 0 atom stereocenters. The predicted octanol–water partition coefficient (Wildman–Crippen LogP) is 4.38. The monoisotopic (exact) mass is 309 g/mol. The van der Waals surface area contributed by atoms with Crippen LogP contribution in [-0.4, -0.2) is 11.7 Å². The van der Waals surface area contributed by atoms with Gasteiger partial charge in [-0.2, -0.15) is 13.2 Å². The van der Waals surface area contributed by atoms with Crippen LogP contribution in [0.5, 0.6) is 0 Å². The molecule has 0 heterocycles. The number of rotatable bonds is 2. The molecule has 0 bridgehead atoms. The fourth-order valence-corrected chi connectivity index (χ4v) is 1.66. The Hall–Kier alpha value is -1.43. The molecule has 1 amide bonds. The number of carbonyl (C=O) groups excluding carboxylic acids is 1. The van der Waals surface area contributed by atoms with Gasteiger partial charge in [0, 0.05) is 11.6 Å². The Morgan fingerprint density at radius 3 is 2.40 bits per heavy atom. The maximum Gasteiger partial charge on any atom is 0.416 e. The first-order chi connectivity index (χ1) is 8.99. The molecule has 0 unspecified atom stereocenters. The lowest BCUT2D eigenvalue weighted by Crippen LogP contribution is -2.32. The van der Waals surface area contributed by atoms with Gasteiger partial charge in [0.2, 0.25) is 0 Å². The van der Waals surface area contributed by atoms with Crippen molar-refractivity contribution in [2.24, 2.45) is 0 Å². The molecule has 0 aromatic heterocycles. The third kappa shape index (κ3) is 5.28. The molecule has 0 radical (unpaired) electrons. The molecule has 20 heavy (non-hydrogen) atoms. The molecule has 0 fully saturated rings. The molecule has 1 aromatic rings. The van der Waals surface area contributed by atoms with Crippen LogP contribution in [-0.2, 0) is 17.5 Å². The Morgan fingerprint density at radius 1 is 1.30 bits per heavy atom. The SMILES string of the molecule is CC(C)(C)OC(=O)NCc1cc(Cl)ccc1C(F)(F)F. The Kier molecular flexibility index (Phi) is 4.91. The average molecular weight is 310 g/mol. The molecule has 112 valence electrons. The number of hydrogen-bond donors (Lipinski definition) is 1. The van der Waals surface area contributed by atoms with Crippen LogP contribution in [0.2, 0.25) is 5.02 Å². The van der Waals surface area contributed by atoms with Crippen LogP contribution >= 0.6 is 11.6 Å². The highest BCUT2D eigenvalue weighted by atomic mass is 35.5. The van der Waals surface area contributed by atoms with Gasteiger partial charge in [0.15, 0.2) is 0 Å². The van der Waals surface area contributed by atoms with Crippen LogP contribution in [0.1, 0.15) is 31.9 Å². The van der Waals surface area contributed by atoms with Gasteiger partial charge in [-0.3, -0.25) is 0 Å². The van der Waals surface area contributed by atoms with Gasteiger partial charge < -0.3 is 10.1 Å². The van der Waals surface area contributed by atoms with E-state index in [1.807, 2.05) is 0 Å². The van der Waals surface area contributed by atoms with Crippen molar-refractivity contribution < 1.29 is 22.7 Å². The summed E-state index contributed by atoms with van der Waals surface area (Å²) in [7, 11) is 0. The van der Waals surface area contributed by atoms with Crippen LogP contribution in [0.4, 0.5) is 18.0 Å². The number of carbonyl (C=O) groups is 1. The van der Waals surface area contributed by atoms with E-state index >= 15 is 0 Å². The molecule has 3 nitrogen and oxygen atoms in total. The quantitative estimate of drug-likeness (QED) is 0.880. The Bertz CT molecular complexity index is 495. The molecule has 0 aliphatic rings. The fraction of sp³-hybridized carbons (Fsp3) is 0.462. The molecule has 0 saturated heterocycles. The van der Waals surface area contributed by atoms with E-state index in [2.05, 4.69) is 5.32 Å². The van der Waals surface area contributed by atoms with E-state index in [0.717, 1.165) is 12.1 Å². The highest BCUT2D eigenvalue weighted by Crippen LogP contribution is 2.33. The minimum absolute atomic E-state index is 0.115. The van der Waals surface area contributed by atoms with Crippen LogP contribution < -0.4 is 5.32 Å². The molecular formula is C13H15ClF3NO2. The van der Waals surface area contributed by atoms with Crippen LogP contribution in [0.25, 0.3) is 0 Å². The zero-order valence-electron chi connectivity index (χ0n) is 11.3. The summed E-state index contributed by atoms with van der Waals surface area (Å²) in [5.41, 5.74) is -1.67. The topological polar surface area (TPSA) is 38.3 Å². The minimum Gasteiger partial charge on any atom is -0.444 e. The average Bonchev–Trinajstić information content (AvgIpc) is 2.22. The number of hydrogen-bond acceptors (Lipinski definition) is 2. The van der Waals surface area contributed by atoms with Gasteiger partial charge in [-0.05, 0) is 44.5 Å². The molecular weight excluding hydrogens is 295 g/mol. The lowest BCUT2D eigenvalue weighted by molar-refractivity contribution is -0.138. The predicted molar refractivity (Wildman–Crippen MR) is 69.5 cm³/mol. The van der Waals surface area contributed by atoms with E-state index < -0.39 is 23.4 Å². The summed E-state index contributed by atoms with van der Waals surface area (Å²) in [6.07, 6.45) is -5.29. The summed E-state index contributed by atoms with van der Waals surface area (Å²) in [6.45, 7) is 4.66. The van der Waals surface area contributed by atoms with Gasteiger partial charge in [0.25, 0.3) is 0 Å². The van der Waals surface area contributed by atoms with E-state index in [9.17, 15) is 18.0 Å². The molecule has 0 aliphatic heterocycles. The van der Waals surface area contributed by atoms with Gasteiger partial charge in [0.1, 0.15) is 5.60 Å². The van der Waals surface area contributed by atoms with Crippen molar-refractivity contribution in [3.05, 3.63) is 34.3 Å². The summed E-state index contributed by atoms with van der Waals surface area (Å²) < 4.78 is 43.3. The van der Waals surface area contributed by atoms with Crippen molar-refractivity contribution in [3.63, 3.8) is 0 Å². The Morgan fingerprint density at radius 2 is 1.90 bits per heavy atom. The normalized spacial score (nSPS) is 12.2. The van der Waals surface area contributed by atoms with E-state index in [1.54, 1.807) is 20.8 Å². The van der Waals surface area contributed by atoms with E-state index in [1.165, 1.54) is 6.07 Å². The zero-order chi connectivity index (χ0) is 15.6. The maximum atomic E-state index is 12.8. The smallest absolute Gasteiger partial charge is 0.416 e. The second-order valence-electron chi connectivity index (χ2n) is 5.15. The van der Waals surface area contributed by atoms with Crippen molar-refractivity contribution in [3.8, 4) is 0 Å². The van der Waals surface area contributed by atoms with Crippen molar-refractivity contribution >= 4 is 17.7 Å². The van der Waals surface area contributed by atoms with Crippen LogP contribution in [0.15, 0.2) is 18.2 Å². The lowest BCUT2D eigenvalue weighted by atomic mass is 10.1. The minimum atomic E-state index is -4.50. The summed E-state index contributed by atoms with van der Waals surface area (Å²) in [5.74, 6) is 0. The lowest BCUT2D eigenvalue weighted by Gasteiger charge is -2.20. The zero-order valence-corrected chi connectivity index (χ0v) is 12.0. The summed E-state index contributed by atoms with van der Waals surface area (Å²) in [4.78, 5) is 11.4. The number of nitrogens with one attached hydrogen (secondary N) is 1. The van der Waals surface area contributed by atoms with Gasteiger partial charge in [0.05, 0.1) is 5.56 Å². The number of benzene rings is 1. The third-order valence-corrected chi connectivity index (χ3v) is 2.43. The summed E-state index contributed by atoms with van der Waals surface area (Å²) >= 11 is 5.68. The van der Waals surface area contributed by atoms with Crippen molar-refractivity contribution in [1.29, 1.82) is 0 Å². The third-order valence-electron chi connectivity index (χ3n) is 2.19. The summed E-state index contributed by atoms with van der Waals surface area (Å²) in [5, 5.41) is 2.44. The second kappa shape index (κ2) is 5.91. The first kappa shape index (κ1) is 16.6. The Balaban J connectivity index is 2.82. The largest absolute Gasteiger partial charge is 0.444 e. The number of alkyl halides is 3. The first-order valence-electron chi connectivity index (χ1n) is 5.81. The van der Waals surface area contributed by atoms with Crippen molar-refractivity contribution in [2.45, 2.75) is 39.1 Å². The number of halogens is 4. The van der Waals surface area contributed by atoms with E-state index in [4.69, 9.17) is 16.3 Å². The van der Waals surface area contributed by atoms with Gasteiger partial charge in [-0.15, -0.1) is 0 Å². The van der Waals surface area contributed by atoms with Gasteiger partial charge in [-0.1, -0.05) is 11.6 Å². The second-order valence-corrected chi connectivity index (χ2v) is 5.59. The van der Waals surface area contributed by atoms with Crippen molar-refractivity contribution in [1.82, 2.24) is 5.32 Å². The van der Waals surface area contributed by atoms with Gasteiger partial charge in [-0.25, -0.2) is 4.79 Å². The van der Waals surface area contributed by atoms with Gasteiger partial charge >= 0.3 is 12.3 Å². The summed E-state index contributed by atoms with van der Waals surface area (Å²) in [6, 6.07) is 3.21. The molecule has 0 saturated carbocycles. The van der Waals surface area contributed by atoms with Crippen LogP contribution in [0, 0.1) is 0 Å². The highest BCUT2D eigenvalue weighted by molar-refractivity contribution is 6.30. The molecule has 0 aliphatic carbocycles. The van der Waals surface area contributed by atoms with E-state index in [0.29, 0.717) is 0 Å². The molecule has 1 N–H and O–H groups in total.